The molecule has 1 atom stereocenters. The van der Waals surface area contributed by atoms with Crippen molar-refractivity contribution in [2.24, 2.45) is 11.3 Å². The first-order valence-corrected chi connectivity index (χ1v) is 11.6. The summed E-state index contributed by atoms with van der Waals surface area (Å²) < 4.78 is 0. The molecule has 1 fully saturated rings. The highest BCUT2D eigenvalue weighted by Gasteiger charge is 2.36. The van der Waals surface area contributed by atoms with Gasteiger partial charge in [-0.05, 0) is 67.9 Å². The minimum absolute atomic E-state index is 0.0519. The molecule has 0 amide bonds. The van der Waals surface area contributed by atoms with Gasteiger partial charge < -0.3 is 0 Å². The molecule has 150 valence electrons. The van der Waals surface area contributed by atoms with Gasteiger partial charge in [-0.2, -0.15) is 5.26 Å². The number of nitrogens with zero attached hydrogens (tertiary/aromatic N) is 1. The number of hydrogen-bond donors (Lipinski definition) is 0. The van der Waals surface area contributed by atoms with Gasteiger partial charge in [0, 0.05) is 0 Å². The topological polar surface area (TPSA) is 23.8 Å². The lowest BCUT2D eigenvalue weighted by molar-refractivity contribution is 0.198. The monoisotopic (exact) mass is 367 g/mol. The smallest absolute Gasteiger partial charge is 0.0689 e. The molecular weight excluding hydrogens is 326 g/mol. The van der Waals surface area contributed by atoms with Crippen LogP contribution in [0.2, 0.25) is 0 Å². The Labute approximate surface area is 168 Å². The van der Waals surface area contributed by atoms with Crippen molar-refractivity contribution < 1.29 is 0 Å². The van der Waals surface area contributed by atoms with Gasteiger partial charge in [0.1, 0.15) is 0 Å². The molecule has 1 aromatic carbocycles. The summed E-state index contributed by atoms with van der Waals surface area (Å²) in [5.74, 6) is 1.33. The van der Waals surface area contributed by atoms with E-state index < -0.39 is 0 Å². The summed E-state index contributed by atoms with van der Waals surface area (Å²) in [4.78, 5) is 0. The summed E-state index contributed by atoms with van der Waals surface area (Å²) in [6.07, 6.45) is 16.2. The molecule has 1 aliphatic rings. The average Bonchev–Trinajstić information content (AvgIpc) is 2.71. The zero-order chi connectivity index (χ0) is 19.5. The van der Waals surface area contributed by atoms with E-state index in [1.807, 2.05) is 0 Å². The largest absolute Gasteiger partial charge is 0.198 e. The Morgan fingerprint density at radius 1 is 1.00 bits per heavy atom. The fourth-order valence-corrected chi connectivity index (χ4v) is 4.74. The van der Waals surface area contributed by atoms with E-state index in [0.29, 0.717) is 11.8 Å². The van der Waals surface area contributed by atoms with Crippen LogP contribution in [-0.4, -0.2) is 0 Å². The van der Waals surface area contributed by atoms with E-state index in [1.54, 1.807) is 0 Å². The minimum atomic E-state index is -0.0519. The van der Waals surface area contributed by atoms with E-state index in [-0.39, 0.29) is 5.41 Å². The molecule has 0 aromatic heterocycles. The van der Waals surface area contributed by atoms with Gasteiger partial charge in [-0.25, -0.2) is 0 Å². The maximum atomic E-state index is 9.78. The number of nitriles is 1. The van der Waals surface area contributed by atoms with Crippen molar-refractivity contribution in [1.82, 2.24) is 0 Å². The number of unbranched alkanes of at least 4 members (excludes halogenated alkanes) is 5. The average molecular weight is 368 g/mol. The minimum Gasteiger partial charge on any atom is -0.198 e. The second kappa shape index (κ2) is 11.5. The molecular formula is C26H41N. The summed E-state index contributed by atoms with van der Waals surface area (Å²) in [6.45, 7) is 6.82. The molecule has 0 saturated heterocycles. The number of benzene rings is 1. The van der Waals surface area contributed by atoms with Crippen LogP contribution in [0.1, 0.15) is 115 Å². The number of rotatable bonds is 11. The normalized spacial score (nSPS) is 23.7. The van der Waals surface area contributed by atoms with E-state index >= 15 is 0 Å². The highest BCUT2D eigenvalue weighted by molar-refractivity contribution is 5.26. The van der Waals surface area contributed by atoms with Crippen LogP contribution in [0.25, 0.3) is 0 Å². The molecule has 0 spiro atoms. The molecule has 1 nitrogen and oxygen atoms in total. The third-order valence-corrected chi connectivity index (χ3v) is 6.89. The van der Waals surface area contributed by atoms with Crippen molar-refractivity contribution in [3.05, 3.63) is 35.4 Å². The zero-order valence-electron chi connectivity index (χ0n) is 18.1. The molecule has 1 heteroatoms. The van der Waals surface area contributed by atoms with Crippen molar-refractivity contribution in [2.45, 2.75) is 110 Å². The third kappa shape index (κ3) is 6.99. The molecule has 1 saturated carbocycles. The highest BCUT2D eigenvalue weighted by Crippen LogP contribution is 2.46. The van der Waals surface area contributed by atoms with Crippen LogP contribution >= 0.6 is 0 Å². The fraction of sp³-hybridized carbons (Fsp3) is 0.731. The number of aryl methyl sites for hydroxylation is 1. The van der Waals surface area contributed by atoms with Gasteiger partial charge in [-0.1, -0.05) is 83.6 Å². The Morgan fingerprint density at radius 3 is 2.22 bits per heavy atom. The predicted octanol–water partition coefficient (Wildman–Crippen LogP) is 8.19. The van der Waals surface area contributed by atoms with Crippen molar-refractivity contribution >= 4 is 0 Å². The van der Waals surface area contributed by atoms with Gasteiger partial charge in [-0.3, -0.25) is 0 Å². The van der Waals surface area contributed by atoms with Crippen LogP contribution in [0, 0.1) is 22.7 Å². The predicted molar refractivity (Wildman–Crippen MR) is 117 cm³/mol. The first-order valence-electron chi connectivity index (χ1n) is 11.6. The van der Waals surface area contributed by atoms with Crippen LogP contribution in [0.4, 0.5) is 0 Å². The summed E-state index contributed by atoms with van der Waals surface area (Å²) >= 11 is 0. The summed E-state index contributed by atoms with van der Waals surface area (Å²) in [7, 11) is 0. The molecule has 27 heavy (non-hydrogen) atoms. The molecule has 1 aliphatic carbocycles. The van der Waals surface area contributed by atoms with Crippen LogP contribution in [0.3, 0.4) is 0 Å². The molecule has 0 bridgehead atoms. The number of hydrogen-bond acceptors (Lipinski definition) is 1. The lowest BCUT2D eigenvalue weighted by atomic mass is 9.66. The second-order valence-electron chi connectivity index (χ2n) is 9.14. The molecule has 0 unspecified atom stereocenters. The Kier molecular flexibility index (Phi) is 9.40. The van der Waals surface area contributed by atoms with E-state index in [9.17, 15) is 5.26 Å². The van der Waals surface area contributed by atoms with Crippen molar-refractivity contribution in [1.29, 1.82) is 5.26 Å². The van der Waals surface area contributed by atoms with Gasteiger partial charge >= 0.3 is 0 Å². The van der Waals surface area contributed by atoms with Crippen molar-refractivity contribution in [3.63, 3.8) is 0 Å². The molecule has 0 N–H and O–H groups in total. The third-order valence-electron chi connectivity index (χ3n) is 6.89. The summed E-state index contributed by atoms with van der Waals surface area (Å²) in [5, 5.41) is 9.78. The first-order chi connectivity index (χ1) is 13.1. The van der Waals surface area contributed by atoms with Crippen LogP contribution in [0.15, 0.2) is 24.3 Å². The lowest BCUT2D eigenvalue weighted by Gasteiger charge is -2.36. The van der Waals surface area contributed by atoms with Gasteiger partial charge in [0.25, 0.3) is 0 Å². The molecule has 0 radical (unpaired) electrons. The Balaban J connectivity index is 1.78. The summed E-state index contributed by atoms with van der Waals surface area (Å²) in [5.41, 5.74) is 2.94. The highest BCUT2D eigenvalue weighted by atomic mass is 14.4. The fourth-order valence-electron chi connectivity index (χ4n) is 4.74. The van der Waals surface area contributed by atoms with Crippen LogP contribution in [0.5, 0.6) is 0 Å². The quantitative estimate of drug-likeness (QED) is 0.362. The maximum absolute atomic E-state index is 9.78. The van der Waals surface area contributed by atoms with Crippen molar-refractivity contribution in [3.8, 4) is 6.07 Å². The standard InChI is InChI=1S/C26H41N/c1-4-6-7-8-9-10-11-23-12-14-24(15-13-23)25-16-18-26(21-27,19-17-25)20-22(3)5-2/h12-15,22,25H,4-11,16-20H2,1-3H3/t22-,25?,26?/m1/s1. The second-order valence-corrected chi connectivity index (χ2v) is 9.14. The van der Waals surface area contributed by atoms with Gasteiger partial charge in [0.2, 0.25) is 0 Å². The van der Waals surface area contributed by atoms with E-state index in [0.717, 1.165) is 19.3 Å². The molecule has 1 aromatic rings. The Morgan fingerprint density at radius 2 is 1.63 bits per heavy atom. The van der Waals surface area contributed by atoms with E-state index in [2.05, 4.69) is 51.1 Å². The van der Waals surface area contributed by atoms with Gasteiger partial charge in [-0.15, -0.1) is 0 Å². The van der Waals surface area contributed by atoms with E-state index in [1.165, 1.54) is 75.3 Å². The van der Waals surface area contributed by atoms with Crippen molar-refractivity contribution in [2.75, 3.05) is 0 Å². The van der Waals surface area contributed by atoms with Gasteiger partial charge in [0.05, 0.1) is 11.5 Å². The lowest BCUT2D eigenvalue weighted by Crippen LogP contribution is -2.27. The first kappa shape index (κ1) is 22.0. The van der Waals surface area contributed by atoms with Gasteiger partial charge in [0.15, 0.2) is 0 Å². The van der Waals surface area contributed by atoms with Crippen LogP contribution in [-0.2, 0) is 6.42 Å². The molecule has 2 rings (SSSR count). The Bertz CT molecular complexity index is 557. The van der Waals surface area contributed by atoms with Crippen LogP contribution < -0.4 is 0 Å². The maximum Gasteiger partial charge on any atom is 0.0689 e. The molecule has 0 aliphatic heterocycles. The van der Waals surface area contributed by atoms with E-state index in [4.69, 9.17) is 0 Å². The Hall–Kier alpha value is -1.29. The zero-order valence-corrected chi connectivity index (χ0v) is 18.1. The molecule has 0 heterocycles. The summed E-state index contributed by atoms with van der Waals surface area (Å²) in [6, 6.07) is 12.1. The SMILES string of the molecule is CCCCCCCCc1ccc(C2CCC(C#N)(C[C@H](C)CC)CC2)cc1.